The van der Waals surface area contributed by atoms with Gasteiger partial charge in [-0.2, -0.15) is 13.2 Å². The van der Waals surface area contributed by atoms with Gasteiger partial charge in [0.1, 0.15) is 0 Å². The first-order valence-corrected chi connectivity index (χ1v) is 3.28. The summed E-state index contributed by atoms with van der Waals surface area (Å²) in [5.41, 5.74) is 0. The Morgan fingerprint density at radius 2 is 1.92 bits per heavy atom. The molecule has 0 fully saturated rings. The average Bonchev–Trinajstić information content (AvgIpc) is 1.83. The molecule has 3 nitrogen and oxygen atoms in total. The number of rotatable bonds is 5. The van der Waals surface area contributed by atoms with E-state index < -0.39 is 25.2 Å². The molecule has 0 saturated heterocycles. The van der Waals surface area contributed by atoms with Crippen LogP contribution in [-0.4, -0.2) is 30.5 Å². The van der Waals surface area contributed by atoms with Crippen LogP contribution in [0.1, 0.15) is 12.8 Å². The zero-order chi connectivity index (χ0) is 9.61. The fourth-order valence-corrected chi connectivity index (χ4v) is 0.449. The Kier molecular flexibility index (Phi) is 4.65. The maximum absolute atomic E-state index is 11.4. The fourth-order valence-electron chi connectivity index (χ4n) is 0.449. The minimum absolute atomic E-state index is 0.175. The molecule has 0 aromatic carbocycles. The molecular weight excluding hydrogens is 177 g/mol. The van der Waals surface area contributed by atoms with Gasteiger partial charge in [0.05, 0.1) is 26.1 Å². The zero-order valence-corrected chi connectivity index (χ0v) is 6.23. The highest BCUT2D eigenvalue weighted by atomic mass is 19.4. The third-order valence-corrected chi connectivity index (χ3v) is 0.990. The van der Waals surface area contributed by atoms with E-state index >= 15 is 0 Å². The van der Waals surface area contributed by atoms with Crippen LogP contribution in [0.4, 0.5) is 13.2 Å². The van der Waals surface area contributed by atoms with E-state index in [0.717, 1.165) is 0 Å². The van der Waals surface area contributed by atoms with Crippen LogP contribution < -0.4 is 0 Å². The second kappa shape index (κ2) is 4.97. The third kappa shape index (κ3) is 9.22. The second-order valence-electron chi connectivity index (χ2n) is 2.12. The van der Waals surface area contributed by atoms with Crippen molar-refractivity contribution in [1.29, 1.82) is 0 Å². The SMILES string of the molecule is O=C(O)CCOCCC(F)(F)F. The van der Waals surface area contributed by atoms with Crippen molar-refractivity contribution in [3.8, 4) is 0 Å². The van der Waals surface area contributed by atoms with Crippen LogP contribution in [0.2, 0.25) is 0 Å². The molecule has 0 rings (SSSR count). The maximum atomic E-state index is 11.4. The molecule has 0 aromatic heterocycles. The van der Waals surface area contributed by atoms with Crippen molar-refractivity contribution in [2.24, 2.45) is 0 Å². The molecule has 0 aromatic rings. The topological polar surface area (TPSA) is 46.5 Å². The maximum Gasteiger partial charge on any atom is 0.391 e. The number of carboxylic acids is 1. The van der Waals surface area contributed by atoms with Gasteiger partial charge in [0.25, 0.3) is 0 Å². The second-order valence-corrected chi connectivity index (χ2v) is 2.12. The minimum Gasteiger partial charge on any atom is -0.481 e. The van der Waals surface area contributed by atoms with Crippen molar-refractivity contribution in [2.45, 2.75) is 19.0 Å². The highest BCUT2D eigenvalue weighted by molar-refractivity contribution is 5.66. The summed E-state index contributed by atoms with van der Waals surface area (Å²) in [7, 11) is 0. The summed E-state index contributed by atoms with van der Waals surface area (Å²) >= 11 is 0. The van der Waals surface area contributed by atoms with Crippen molar-refractivity contribution in [2.75, 3.05) is 13.2 Å². The zero-order valence-electron chi connectivity index (χ0n) is 6.23. The number of hydrogen-bond acceptors (Lipinski definition) is 2. The Morgan fingerprint density at radius 1 is 1.33 bits per heavy atom. The normalized spacial score (nSPS) is 11.6. The van der Waals surface area contributed by atoms with E-state index in [0.29, 0.717) is 0 Å². The van der Waals surface area contributed by atoms with Gasteiger partial charge >= 0.3 is 12.1 Å². The first-order chi connectivity index (χ1) is 5.42. The quantitative estimate of drug-likeness (QED) is 0.660. The molecule has 0 aliphatic carbocycles. The van der Waals surface area contributed by atoms with Gasteiger partial charge in [-0.05, 0) is 0 Å². The van der Waals surface area contributed by atoms with Crippen molar-refractivity contribution < 1.29 is 27.8 Å². The first kappa shape index (κ1) is 11.2. The highest BCUT2D eigenvalue weighted by Gasteiger charge is 2.26. The molecule has 0 aliphatic rings. The lowest BCUT2D eigenvalue weighted by Crippen LogP contribution is -2.12. The highest BCUT2D eigenvalue weighted by Crippen LogP contribution is 2.18. The molecule has 6 heteroatoms. The molecule has 0 atom stereocenters. The van der Waals surface area contributed by atoms with Gasteiger partial charge < -0.3 is 9.84 Å². The summed E-state index contributed by atoms with van der Waals surface area (Å²) in [6, 6.07) is 0. The summed E-state index contributed by atoms with van der Waals surface area (Å²) < 4.78 is 38.8. The number of hydrogen-bond donors (Lipinski definition) is 1. The van der Waals surface area contributed by atoms with E-state index in [4.69, 9.17) is 5.11 Å². The van der Waals surface area contributed by atoms with Gasteiger partial charge in [-0.1, -0.05) is 0 Å². The lowest BCUT2D eigenvalue weighted by Gasteiger charge is -2.05. The van der Waals surface area contributed by atoms with E-state index in [-0.39, 0.29) is 13.0 Å². The number of carbonyl (C=O) groups is 1. The van der Waals surface area contributed by atoms with Gasteiger partial charge in [0.2, 0.25) is 0 Å². The smallest absolute Gasteiger partial charge is 0.391 e. The summed E-state index contributed by atoms with van der Waals surface area (Å²) in [6.07, 6.45) is -5.53. The average molecular weight is 186 g/mol. The van der Waals surface area contributed by atoms with Crippen LogP contribution in [0, 0.1) is 0 Å². The van der Waals surface area contributed by atoms with Crippen LogP contribution in [0.5, 0.6) is 0 Å². The molecular formula is C6H9F3O3. The van der Waals surface area contributed by atoms with Gasteiger partial charge in [-0.15, -0.1) is 0 Å². The predicted octanol–water partition coefficient (Wildman–Crippen LogP) is 1.43. The van der Waals surface area contributed by atoms with E-state index in [2.05, 4.69) is 4.74 Å². The molecule has 0 radical (unpaired) electrons. The fraction of sp³-hybridized carbons (Fsp3) is 0.833. The molecule has 12 heavy (non-hydrogen) atoms. The molecule has 0 aliphatic heterocycles. The van der Waals surface area contributed by atoms with Gasteiger partial charge in [0.15, 0.2) is 0 Å². The van der Waals surface area contributed by atoms with Crippen molar-refractivity contribution in [1.82, 2.24) is 0 Å². The van der Waals surface area contributed by atoms with Gasteiger partial charge in [0, 0.05) is 0 Å². The first-order valence-electron chi connectivity index (χ1n) is 3.28. The summed E-state index contributed by atoms with van der Waals surface area (Å²) in [4.78, 5) is 9.86. The molecule has 72 valence electrons. The van der Waals surface area contributed by atoms with Crippen LogP contribution in [0.3, 0.4) is 0 Å². The molecule has 0 saturated carbocycles. The number of halogens is 3. The molecule has 1 N–H and O–H groups in total. The van der Waals surface area contributed by atoms with Crippen molar-refractivity contribution >= 4 is 5.97 Å². The van der Waals surface area contributed by atoms with Crippen molar-refractivity contribution in [3.05, 3.63) is 0 Å². The van der Waals surface area contributed by atoms with E-state index in [9.17, 15) is 18.0 Å². The lowest BCUT2D eigenvalue weighted by atomic mass is 10.4. The van der Waals surface area contributed by atoms with E-state index in [1.807, 2.05) is 0 Å². The van der Waals surface area contributed by atoms with E-state index in [1.165, 1.54) is 0 Å². The van der Waals surface area contributed by atoms with Gasteiger partial charge in [-0.25, -0.2) is 0 Å². The van der Waals surface area contributed by atoms with E-state index in [1.54, 1.807) is 0 Å². The number of carboxylic acid groups (broad SMARTS) is 1. The van der Waals surface area contributed by atoms with Crippen LogP contribution >= 0.6 is 0 Å². The lowest BCUT2D eigenvalue weighted by molar-refractivity contribution is -0.146. The number of aliphatic carboxylic acids is 1. The molecule has 0 spiro atoms. The Labute approximate surface area is 67.1 Å². The Bertz CT molecular complexity index is 143. The Morgan fingerprint density at radius 3 is 2.33 bits per heavy atom. The Balaban J connectivity index is 3.17. The summed E-state index contributed by atoms with van der Waals surface area (Å²) in [6.45, 7) is -0.651. The minimum atomic E-state index is -4.23. The third-order valence-electron chi connectivity index (χ3n) is 0.990. The summed E-state index contributed by atoms with van der Waals surface area (Å²) in [5, 5.41) is 8.07. The summed E-state index contributed by atoms with van der Waals surface area (Å²) in [5.74, 6) is -1.08. The van der Waals surface area contributed by atoms with Crippen molar-refractivity contribution in [3.63, 3.8) is 0 Å². The van der Waals surface area contributed by atoms with Crippen LogP contribution in [0.15, 0.2) is 0 Å². The number of alkyl halides is 3. The molecule has 0 amide bonds. The Hall–Kier alpha value is -0.780. The predicted molar refractivity (Wildman–Crippen MR) is 33.7 cm³/mol. The van der Waals surface area contributed by atoms with Gasteiger partial charge in [-0.3, -0.25) is 4.79 Å². The van der Waals surface area contributed by atoms with Crippen LogP contribution in [0.25, 0.3) is 0 Å². The standard InChI is InChI=1S/C6H9F3O3/c7-6(8,9)2-4-12-3-1-5(10)11/h1-4H2,(H,10,11). The molecule has 0 heterocycles. The number of ether oxygens (including phenoxy) is 1. The molecule has 0 bridgehead atoms. The monoisotopic (exact) mass is 186 g/mol. The van der Waals surface area contributed by atoms with Crippen LogP contribution in [-0.2, 0) is 9.53 Å². The largest absolute Gasteiger partial charge is 0.481 e. The molecule has 0 unspecified atom stereocenters.